The zero-order chi connectivity index (χ0) is 14.6. The Morgan fingerprint density at radius 2 is 1.85 bits per heavy atom. The van der Waals surface area contributed by atoms with Crippen molar-refractivity contribution in [2.75, 3.05) is 31.1 Å². The van der Waals surface area contributed by atoms with Gasteiger partial charge in [0.2, 0.25) is 0 Å². The van der Waals surface area contributed by atoms with E-state index in [4.69, 9.17) is 5.84 Å². The third kappa shape index (κ3) is 2.78. The summed E-state index contributed by atoms with van der Waals surface area (Å²) in [7, 11) is 0. The van der Waals surface area contributed by atoms with Gasteiger partial charge in [0.15, 0.2) is 0 Å². The lowest BCUT2D eigenvalue weighted by Gasteiger charge is -2.44. The Hall–Kier alpha value is -1.59. The molecule has 5 heteroatoms. The first-order chi connectivity index (χ1) is 9.61. The van der Waals surface area contributed by atoms with Gasteiger partial charge in [0, 0.05) is 31.9 Å². The fourth-order valence-corrected chi connectivity index (χ4v) is 2.78. The molecule has 1 fully saturated rings. The number of hydrogen-bond acceptors (Lipinski definition) is 4. The van der Waals surface area contributed by atoms with Gasteiger partial charge in [-0.2, -0.15) is 0 Å². The second-order valence-corrected chi connectivity index (χ2v) is 5.41. The van der Waals surface area contributed by atoms with Crippen molar-refractivity contribution in [2.24, 2.45) is 5.84 Å². The van der Waals surface area contributed by atoms with Crippen LogP contribution >= 0.6 is 0 Å². The minimum atomic E-state index is -0.516. The summed E-state index contributed by atoms with van der Waals surface area (Å²) < 4.78 is 0. The molecule has 0 unspecified atom stereocenters. The lowest BCUT2D eigenvalue weighted by molar-refractivity contribution is -0.133. The van der Waals surface area contributed by atoms with E-state index in [9.17, 15) is 4.79 Å². The van der Waals surface area contributed by atoms with Crippen molar-refractivity contribution < 1.29 is 4.79 Å². The number of nitrogens with one attached hydrogen (secondary N) is 1. The van der Waals surface area contributed by atoms with E-state index in [0.717, 1.165) is 32.6 Å². The van der Waals surface area contributed by atoms with E-state index in [1.54, 1.807) is 0 Å². The number of carbonyl (C=O) groups excluding carboxylic acids is 1. The molecule has 0 bridgehead atoms. The topological polar surface area (TPSA) is 61.6 Å². The molecule has 1 heterocycles. The highest BCUT2D eigenvalue weighted by molar-refractivity contribution is 5.85. The highest BCUT2D eigenvalue weighted by Gasteiger charge is 2.38. The van der Waals surface area contributed by atoms with Crippen molar-refractivity contribution in [2.45, 2.75) is 25.8 Å². The van der Waals surface area contributed by atoms with Gasteiger partial charge < -0.3 is 4.90 Å². The van der Waals surface area contributed by atoms with E-state index in [1.165, 1.54) is 5.69 Å². The molecular weight excluding hydrogens is 252 g/mol. The second kappa shape index (κ2) is 6.24. The molecule has 0 saturated carbocycles. The average Bonchev–Trinajstić information content (AvgIpc) is 2.54. The molecule has 0 aromatic heterocycles. The number of hydrogen-bond donors (Lipinski definition) is 2. The van der Waals surface area contributed by atoms with E-state index in [-0.39, 0.29) is 5.91 Å². The molecule has 2 rings (SSSR count). The molecule has 3 N–H and O–H groups in total. The molecular formula is C15H24N4O. The van der Waals surface area contributed by atoms with Crippen LogP contribution in [0.15, 0.2) is 30.3 Å². The Kier molecular flexibility index (Phi) is 4.62. The Balaban J connectivity index is 2.02. The summed E-state index contributed by atoms with van der Waals surface area (Å²) in [6, 6.07) is 10.4. The van der Waals surface area contributed by atoms with Gasteiger partial charge >= 0.3 is 0 Å². The Morgan fingerprint density at radius 3 is 2.35 bits per heavy atom. The summed E-state index contributed by atoms with van der Waals surface area (Å²) in [5, 5.41) is 0. The molecule has 0 radical (unpaired) electrons. The Morgan fingerprint density at radius 1 is 1.25 bits per heavy atom. The van der Waals surface area contributed by atoms with E-state index in [2.05, 4.69) is 39.5 Å². The quantitative estimate of drug-likeness (QED) is 0.489. The predicted octanol–water partition coefficient (Wildman–Crippen LogP) is 0.967. The zero-order valence-corrected chi connectivity index (χ0v) is 12.3. The van der Waals surface area contributed by atoms with Crippen LogP contribution in [0, 0.1) is 0 Å². The van der Waals surface area contributed by atoms with Crippen LogP contribution in [-0.2, 0) is 4.79 Å². The van der Waals surface area contributed by atoms with E-state index in [0.29, 0.717) is 0 Å². The third-order valence-corrected chi connectivity index (χ3v) is 4.41. The van der Waals surface area contributed by atoms with Crippen molar-refractivity contribution >= 4 is 11.6 Å². The van der Waals surface area contributed by atoms with Gasteiger partial charge in [-0.25, -0.2) is 5.84 Å². The van der Waals surface area contributed by atoms with Gasteiger partial charge in [-0.3, -0.25) is 15.1 Å². The Bertz CT molecular complexity index is 442. The number of benzene rings is 1. The smallest absolute Gasteiger partial charge is 0.254 e. The third-order valence-electron chi connectivity index (χ3n) is 4.41. The predicted molar refractivity (Wildman–Crippen MR) is 81.3 cm³/mol. The number of anilines is 1. The normalized spacial score (nSPS) is 19.4. The lowest BCUT2D eigenvalue weighted by Crippen LogP contribution is -2.62. The molecule has 1 aliphatic rings. The molecule has 110 valence electrons. The number of nitrogens with two attached hydrogens (primary N) is 1. The Labute approximate surface area is 120 Å². The van der Waals surface area contributed by atoms with Crippen LogP contribution < -0.4 is 16.2 Å². The molecule has 1 aromatic carbocycles. The first-order valence-corrected chi connectivity index (χ1v) is 7.18. The molecule has 1 amide bonds. The number of hydrazine groups is 1. The summed E-state index contributed by atoms with van der Waals surface area (Å²) in [6.07, 6.45) is 0.751. The highest BCUT2D eigenvalue weighted by atomic mass is 16.2. The van der Waals surface area contributed by atoms with Crippen LogP contribution in [0.4, 0.5) is 5.69 Å². The summed E-state index contributed by atoms with van der Waals surface area (Å²) in [5.74, 6) is 5.22. The SMILES string of the molecule is CC[C@@](C)(C(=O)NN)N1CCN(c2ccccc2)CC1. The zero-order valence-electron chi connectivity index (χ0n) is 12.3. The summed E-state index contributed by atoms with van der Waals surface area (Å²) in [4.78, 5) is 16.6. The molecule has 0 aliphatic carbocycles. The van der Waals surface area contributed by atoms with Gasteiger partial charge in [-0.15, -0.1) is 0 Å². The van der Waals surface area contributed by atoms with Gasteiger partial charge in [-0.05, 0) is 25.5 Å². The second-order valence-electron chi connectivity index (χ2n) is 5.41. The van der Waals surface area contributed by atoms with E-state index in [1.807, 2.05) is 19.9 Å². The van der Waals surface area contributed by atoms with Gasteiger partial charge in [0.25, 0.3) is 5.91 Å². The van der Waals surface area contributed by atoms with Crippen LogP contribution in [0.25, 0.3) is 0 Å². The van der Waals surface area contributed by atoms with Crippen molar-refractivity contribution in [3.63, 3.8) is 0 Å². The molecule has 20 heavy (non-hydrogen) atoms. The van der Waals surface area contributed by atoms with Crippen molar-refractivity contribution in [3.05, 3.63) is 30.3 Å². The molecule has 1 atom stereocenters. The number of para-hydroxylation sites is 1. The molecule has 1 saturated heterocycles. The minimum Gasteiger partial charge on any atom is -0.369 e. The van der Waals surface area contributed by atoms with Crippen LogP contribution in [0.3, 0.4) is 0 Å². The number of nitrogens with zero attached hydrogens (tertiary/aromatic N) is 2. The fourth-order valence-electron chi connectivity index (χ4n) is 2.78. The van der Waals surface area contributed by atoms with Crippen molar-refractivity contribution in [1.82, 2.24) is 10.3 Å². The minimum absolute atomic E-state index is 0.104. The first-order valence-electron chi connectivity index (χ1n) is 7.18. The maximum Gasteiger partial charge on any atom is 0.254 e. The standard InChI is InChI=1S/C15H24N4O/c1-3-15(2,14(20)17-16)19-11-9-18(10-12-19)13-7-5-4-6-8-13/h4-8H,3,9-12,16H2,1-2H3,(H,17,20)/t15-/m0/s1. The molecule has 0 spiro atoms. The van der Waals surface area contributed by atoms with Crippen LogP contribution in [0.5, 0.6) is 0 Å². The number of piperazine rings is 1. The monoisotopic (exact) mass is 276 g/mol. The summed E-state index contributed by atoms with van der Waals surface area (Å²) in [5.41, 5.74) is 3.03. The maximum absolute atomic E-state index is 12.0. The van der Waals surface area contributed by atoms with Crippen LogP contribution in [0.2, 0.25) is 0 Å². The number of amides is 1. The van der Waals surface area contributed by atoms with E-state index >= 15 is 0 Å². The number of carbonyl (C=O) groups is 1. The van der Waals surface area contributed by atoms with Gasteiger partial charge in [-0.1, -0.05) is 25.1 Å². The lowest BCUT2D eigenvalue weighted by atomic mass is 9.94. The van der Waals surface area contributed by atoms with Crippen LogP contribution in [-0.4, -0.2) is 42.5 Å². The van der Waals surface area contributed by atoms with Crippen molar-refractivity contribution in [3.8, 4) is 0 Å². The number of rotatable bonds is 4. The first kappa shape index (κ1) is 14.8. The van der Waals surface area contributed by atoms with Crippen molar-refractivity contribution in [1.29, 1.82) is 0 Å². The van der Waals surface area contributed by atoms with E-state index < -0.39 is 5.54 Å². The maximum atomic E-state index is 12.0. The van der Waals surface area contributed by atoms with Crippen LogP contribution in [0.1, 0.15) is 20.3 Å². The van der Waals surface area contributed by atoms with Gasteiger partial charge in [0.1, 0.15) is 0 Å². The van der Waals surface area contributed by atoms with Gasteiger partial charge in [0.05, 0.1) is 5.54 Å². The molecule has 1 aliphatic heterocycles. The summed E-state index contributed by atoms with van der Waals surface area (Å²) >= 11 is 0. The summed E-state index contributed by atoms with van der Waals surface area (Å²) in [6.45, 7) is 7.58. The largest absolute Gasteiger partial charge is 0.369 e. The fraction of sp³-hybridized carbons (Fsp3) is 0.533. The highest BCUT2D eigenvalue weighted by Crippen LogP contribution is 2.23. The molecule has 1 aromatic rings. The average molecular weight is 276 g/mol. The molecule has 5 nitrogen and oxygen atoms in total.